The van der Waals surface area contributed by atoms with E-state index in [0.717, 1.165) is 6.29 Å². The van der Waals surface area contributed by atoms with Crippen LogP contribution in [0.4, 0.5) is 5.69 Å². The van der Waals surface area contributed by atoms with E-state index in [4.69, 9.17) is 0 Å². The molecule has 0 heterocycles. The lowest BCUT2D eigenvalue weighted by Crippen LogP contribution is -1.94. The average molecular weight is 205 g/mol. The molecule has 0 spiro atoms. The van der Waals surface area contributed by atoms with E-state index in [2.05, 4.69) is 0 Å². The molecule has 0 bridgehead atoms. The second-order valence-corrected chi connectivity index (χ2v) is 3.07. The summed E-state index contributed by atoms with van der Waals surface area (Å²) >= 11 is 0. The minimum atomic E-state index is -0.407. The smallest absolute Gasteiger partial charge is 0.279 e. The molecule has 0 fully saturated rings. The van der Waals surface area contributed by atoms with Crippen LogP contribution in [0.25, 0.3) is 6.08 Å². The predicted octanol–water partition coefficient (Wildman–Crippen LogP) is 2.51. The first-order valence-electron chi connectivity index (χ1n) is 4.51. The van der Waals surface area contributed by atoms with Gasteiger partial charge in [-0.2, -0.15) is 0 Å². The highest BCUT2D eigenvalue weighted by atomic mass is 16.6. The quantitative estimate of drug-likeness (QED) is 0.431. The summed E-state index contributed by atoms with van der Waals surface area (Å²) < 4.78 is 0. The van der Waals surface area contributed by atoms with Gasteiger partial charge in [0.15, 0.2) is 0 Å². The summed E-state index contributed by atoms with van der Waals surface area (Å²) in [6.07, 6.45) is 4.22. The van der Waals surface area contributed by atoms with E-state index in [0.29, 0.717) is 11.1 Å². The fourth-order valence-electron chi connectivity index (χ4n) is 1.32. The van der Waals surface area contributed by atoms with E-state index >= 15 is 0 Å². The summed E-state index contributed by atoms with van der Waals surface area (Å²) in [4.78, 5) is 20.5. The lowest BCUT2D eigenvalue weighted by molar-refractivity contribution is -0.385. The van der Waals surface area contributed by atoms with Crippen molar-refractivity contribution in [3.05, 3.63) is 45.5 Å². The van der Waals surface area contributed by atoms with Crippen LogP contribution < -0.4 is 0 Å². The Morgan fingerprint density at radius 2 is 2.20 bits per heavy atom. The Morgan fingerprint density at radius 1 is 1.47 bits per heavy atom. The first-order chi connectivity index (χ1) is 7.16. The molecule has 0 aliphatic carbocycles. The molecule has 4 nitrogen and oxygen atoms in total. The van der Waals surface area contributed by atoms with Gasteiger partial charge in [-0.3, -0.25) is 10.1 Å². The number of nitro groups is 1. The number of carbonyl (C=O) groups excluding carboxylic acids is 1. The number of hydrogen-bond acceptors (Lipinski definition) is 3. The van der Waals surface area contributed by atoms with Gasteiger partial charge in [-0.25, -0.2) is 0 Å². The van der Waals surface area contributed by atoms with Crippen molar-refractivity contribution in [3.63, 3.8) is 0 Å². The van der Waals surface area contributed by atoms with E-state index < -0.39 is 4.92 Å². The second-order valence-electron chi connectivity index (χ2n) is 3.07. The number of benzene rings is 1. The molecule has 1 rings (SSSR count). The Hall–Kier alpha value is -1.97. The van der Waals surface area contributed by atoms with Crippen molar-refractivity contribution >= 4 is 18.0 Å². The number of para-hydroxylation sites is 1. The molecule has 0 amide bonds. The molecule has 0 atom stereocenters. The van der Waals surface area contributed by atoms with Gasteiger partial charge in [0.05, 0.1) is 10.5 Å². The number of nitro benzene ring substituents is 1. The molecule has 0 aromatic heterocycles. The summed E-state index contributed by atoms with van der Waals surface area (Å²) in [7, 11) is 0. The minimum absolute atomic E-state index is 0.0969. The van der Waals surface area contributed by atoms with Gasteiger partial charge in [-0.05, 0) is 13.0 Å². The summed E-state index contributed by atoms with van der Waals surface area (Å²) in [5.41, 5.74) is 1.25. The zero-order valence-corrected chi connectivity index (χ0v) is 8.34. The van der Waals surface area contributed by atoms with Crippen molar-refractivity contribution in [3.8, 4) is 0 Å². The third-order valence-electron chi connectivity index (χ3n) is 1.98. The van der Waals surface area contributed by atoms with Crippen molar-refractivity contribution in [1.29, 1.82) is 0 Å². The van der Waals surface area contributed by atoms with Gasteiger partial charge < -0.3 is 4.79 Å². The molecule has 1 aromatic carbocycles. The standard InChI is InChI=1S/C11H11NO3/c1-9-5-4-7-10(6-2-3-8-13)11(9)12(14)15/h2,4-8H,3H2,1H3. The molecule has 0 radical (unpaired) electrons. The van der Waals surface area contributed by atoms with Crippen LogP contribution in [0.2, 0.25) is 0 Å². The van der Waals surface area contributed by atoms with Gasteiger partial charge in [-0.1, -0.05) is 24.3 Å². The lowest BCUT2D eigenvalue weighted by Gasteiger charge is -2.00. The van der Waals surface area contributed by atoms with Crippen molar-refractivity contribution in [2.75, 3.05) is 0 Å². The molecule has 0 N–H and O–H groups in total. The van der Waals surface area contributed by atoms with Gasteiger partial charge in [0, 0.05) is 12.0 Å². The molecule has 0 saturated heterocycles. The van der Waals surface area contributed by atoms with Crippen LogP contribution in [0.5, 0.6) is 0 Å². The molecule has 78 valence electrons. The Bertz CT molecular complexity index is 410. The van der Waals surface area contributed by atoms with Crippen LogP contribution in [-0.4, -0.2) is 11.2 Å². The van der Waals surface area contributed by atoms with Crippen LogP contribution >= 0.6 is 0 Å². The Labute approximate surface area is 87.4 Å². The molecule has 0 unspecified atom stereocenters. The Kier molecular flexibility index (Phi) is 3.74. The van der Waals surface area contributed by atoms with Crippen LogP contribution in [0, 0.1) is 17.0 Å². The number of rotatable bonds is 4. The SMILES string of the molecule is Cc1cccc(C=CCC=O)c1[N+](=O)[O-]. The van der Waals surface area contributed by atoms with Crippen LogP contribution in [0.1, 0.15) is 17.5 Å². The van der Waals surface area contributed by atoms with E-state index in [1.54, 1.807) is 37.3 Å². The van der Waals surface area contributed by atoms with Gasteiger partial charge >= 0.3 is 0 Å². The first-order valence-corrected chi connectivity index (χ1v) is 4.51. The molecular weight excluding hydrogens is 194 g/mol. The summed E-state index contributed by atoms with van der Waals surface area (Å²) in [6, 6.07) is 5.10. The van der Waals surface area contributed by atoms with E-state index in [1.165, 1.54) is 0 Å². The molecule has 0 aliphatic heterocycles. The molecule has 4 heteroatoms. The predicted molar refractivity (Wildman–Crippen MR) is 57.5 cm³/mol. The summed E-state index contributed by atoms with van der Waals surface area (Å²) in [6.45, 7) is 1.69. The highest BCUT2D eigenvalue weighted by Gasteiger charge is 2.13. The fourth-order valence-corrected chi connectivity index (χ4v) is 1.32. The van der Waals surface area contributed by atoms with Gasteiger partial charge in [0.2, 0.25) is 0 Å². The summed E-state index contributed by atoms with van der Waals surface area (Å²) in [5, 5.41) is 10.8. The Morgan fingerprint density at radius 3 is 2.80 bits per heavy atom. The topological polar surface area (TPSA) is 60.2 Å². The third kappa shape index (κ3) is 2.74. The van der Waals surface area contributed by atoms with Crippen molar-refractivity contribution < 1.29 is 9.72 Å². The number of nitrogens with zero attached hydrogens (tertiary/aromatic N) is 1. The minimum Gasteiger partial charge on any atom is -0.303 e. The number of hydrogen-bond donors (Lipinski definition) is 0. The zero-order valence-electron chi connectivity index (χ0n) is 8.34. The fraction of sp³-hybridized carbons (Fsp3) is 0.182. The van der Waals surface area contributed by atoms with Gasteiger partial charge in [0.25, 0.3) is 5.69 Å². The average Bonchev–Trinajstić information content (AvgIpc) is 2.17. The highest BCUT2D eigenvalue weighted by molar-refractivity contribution is 5.65. The largest absolute Gasteiger partial charge is 0.303 e. The molecular formula is C11H11NO3. The molecule has 0 saturated carbocycles. The van der Waals surface area contributed by atoms with E-state index in [9.17, 15) is 14.9 Å². The number of aryl methyl sites for hydroxylation is 1. The monoisotopic (exact) mass is 205 g/mol. The molecule has 1 aromatic rings. The molecule has 15 heavy (non-hydrogen) atoms. The zero-order chi connectivity index (χ0) is 11.3. The van der Waals surface area contributed by atoms with Crippen LogP contribution in [-0.2, 0) is 4.79 Å². The second kappa shape index (κ2) is 5.05. The maximum atomic E-state index is 10.8. The number of aldehydes is 1. The maximum Gasteiger partial charge on any atom is 0.279 e. The first kappa shape index (κ1) is 11.1. The summed E-state index contributed by atoms with van der Waals surface area (Å²) in [5.74, 6) is 0. The normalized spacial score (nSPS) is 10.5. The third-order valence-corrected chi connectivity index (χ3v) is 1.98. The van der Waals surface area contributed by atoms with Crippen molar-refractivity contribution in [2.24, 2.45) is 0 Å². The van der Waals surface area contributed by atoms with E-state index in [1.807, 2.05) is 0 Å². The van der Waals surface area contributed by atoms with Gasteiger partial charge in [-0.15, -0.1) is 0 Å². The van der Waals surface area contributed by atoms with Crippen molar-refractivity contribution in [1.82, 2.24) is 0 Å². The highest BCUT2D eigenvalue weighted by Crippen LogP contribution is 2.24. The Balaban J connectivity index is 3.11. The van der Waals surface area contributed by atoms with Crippen LogP contribution in [0.15, 0.2) is 24.3 Å². The molecule has 0 aliphatic rings. The van der Waals surface area contributed by atoms with Gasteiger partial charge in [0.1, 0.15) is 6.29 Å². The maximum absolute atomic E-state index is 10.8. The van der Waals surface area contributed by atoms with E-state index in [-0.39, 0.29) is 12.1 Å². The number of allylic oxidation sites excluding steroid dienone is 1. The lowest BCUT2D eigenvalue weighted by atomic mass is 10.1. The van der Waals surface area contributed by atoms with Crippen molar-refractivity contribution in [2.45, 2.75) is 13.3 Å². The van der Waals surface area contributed by atoms with Crippen LogP contribution in [0.3, 0.4) is 0 Å². The number of carbonyl (C=O) groups is 1.